The molecule has 6 heteroatoms. The van der Waals surface area contributed by atoms with Gasteiger partial charge in [-0.2, -0.15) is 0 Å². The van der Waals surface area contributed by atoms with Gasteiger partial charge in [0.2, 0.25) is 5.91 Å². The molecule has 0 saturated carbocycles. The smallest absolute Gasteiger partial charge is 0.220 e. The molecule has 5 nitrogen and oxygen atoms in total. The number of hydrogen-bond acceptors (Lipinski definition) is 5. The number of amides is 1. The Morgan fingerprint density at radius 1 is 1.22 bits per heavy atom. The molecular formula is C17H17N3O2S. The summed E-state index contributed by atoms with van der Waals surface area (Å²) in [6.45, 7) is 0.594. The van der Waals surface area contributed by atoms with Crippen molar-refractivity contribution in [1.82, 2.24) is 15.3 Å². The van der Waals surface area contributed by atoms with Gasteiger partial charge in [-0.15, -0.1) is 11.3 Å². The Morgan fingerprint density at radius 3 is 2.87 bits per heavy atom. The highest BCUT2D eigenvalue weighted by Gasteiger charge is 2.06. The zero-order chi connectivity index (χ0) is 15.9. The Labute approximate surface area is 138 Å². The largest absolute Gasteiger partial charge is 0.469 e. The van der Waals surface area contributed by atoms with Gasteiger partial charge in [-0.3, -0.25) is 9.78 Å². The van der Waals surface area contributed by atoms with Crippen LogP contribution in [0.3, 0.4) is 0 Å². The van der Waals surface area contributed by atoms with E-state index < -0.39 is 0 Å². The number of aromatic nitrogens is 2. The number of furan rings is 1. The Morgan fingerprint density at radius 2 is 2.09 bits per heavy atom. The van der Waals surface area contributed by atoms with Crippen LogP contribution in [0.5, 0.6) is 0 Å². The van der Waals surface area contributed by atoms with E-state index in [4.69, 9.17) is 4.42 Å². The molecule has 0 aliphatic carbocycles. The summed E-state index contributed by atoms with van der Waals surface area (Å²) in [6.07, 6.45) is 6.93. The summed E-state index contributed by atoms with van der Waals surface area (Å²) >= 11 is 1.61. The van der Waals surface area contributed by atoms with Crippen LogP contribution in [-0.4, -0.2) is 22.4 Å². The van der Waals surface area contributed by atoms with Crippen LogP contribution in [-0.2, 0) is 17.6 Å². The summed E-state index contributed by atoms with van der Waals surface area (Å²) in [6, 6.07) is 7.59. The molecule has 0 unspecified atom stereocenters. The van der Waals surface area contributed by atoms with Gasteiger partial charge < -0.3 is 9.73 Å². The summed E-state index contributed by atoms with van der Waals surface area (Å²) in [5.41, 5.74) is 2.06. The molecule has 0 atom stereocenters. The van der Waals surface area contributed by atoms with Crippen LogP contribution in [0.4, 0.5) is 0 Å². The zero-order valence-corrected chi connectivity index (χ0v) is 13.4. The normalized spacial score (nSPS) is 10.6. The number of pyridine rings is 1. The molecule has 1 amide bonds. The number of carbonyl (C=O) groups excluding carboxylic acids is 1. The Hall–Kier alpha value is -2.47. The highest BCUT2D eigenvalue weighted by molar-refractivity contribution is 7.13. The number of hydrogen-bond donors (Lipinski definition) is 1. The molecule has 3 rings (SSSR count). The summed E-state index contributed by atoms with van der Waals surface area (Å²) in [7, 11) is 0. The van der Waals surface area contributed by atoms with E-state index in [1.165, 1.54) is 0 Å². The molecule has 0 aromatic carbocycles. The lowest BCUT2D eigenvalue weighted by atomic mass is 10.2. The van der Waals surface area contributed by atoms with Crippen LogP contribution in [0, 0.1) is 0 Å². The summed E-state index contributed by atoms with van der Waals surface area (Å²) in [5, 5.41) is 5.93. The van der Waals surface area contributed by atoms with E-state index in [1.54, 1.807) is 30.0 Å². The van der Waals surface area contributed by atoms with Gasteiger partial charge in [0.1, 0.15) is 10.8 Å². The maximum Gasteiger partial charge on any atom is 0.220 e. The predicted octanol–water partition coefficient (Wildman–Crippen LogP) is 3.09. The molecule has 0 spiro atoms. The van der Waals surface area contributed by atoms with Crippen molar-refractivity contribution >= 4 is 17.2 Å². The summed E-state index contributed by atoms with van der Waals surface area (Å²) in [4.78, 5) is 20.4. The van der Waals surface area contributed by atoms with Crippen molar-refractivity contribution in [2.75, 3.05) is 6.54 Å². The van der Waals surface area contributed by atoms with Crippen molar-refractivity contribution in [3.05, 3.63) is 59.8 Å². The van der Waals surface area contributed by atoms with Crippen molar-refractivity contribution in [2.24, 2.45) is 0 Å². The molecule has 23 heavy (non-hydrogen) atoms. The number of carbonyl (C=O) groups is 1. The van der Waals surface area contributed by atoms with Gasteiger partial charge in [0.15, 0.2) is 0 Å². The second-order valence-corrected chi connectivity index (χ2v) is 5.92. The first-order valence-electron chi connectivity index (χ1n) is 7.45. The quantitative estimate of drug-likeness (QED) is 0.724. The minimum atomic E-state index is 0.0333. The van der Waals surface area contributed by atoms with Gasteiger partial charge in [0, 0.05) is 49.1 Å². The van der Waals surface area contributed by atoms with Crippen LogP contribution in [0.2, 0.25) is 0 Å². The average molecular weight is 327 g/mol. The highest BCUT2D eigenvalue weighted by atomic mass is 32.1. The second-order valence-electron chi connectivity index (χ2n) is 5.06. The topological polar surface area (TPSA) is 68.0 Å². The number of thiazole rings is 1. The lowest BCUT2D eigenvalue weighted by molar-refractivity contribution is -0.121. The van der Waals surface area contributed by atoms with Crippen molar-refractivity contribution in [1.29, 1.82) is 0 Å². The third kappa shape index (κ3) is 4.50. The number of nitrogens with zero attached hydrogens (tertiary/aromatic N) is 2. The van der Waals surface area contributed by atoms with Crippen molar-refractivity contribution in [2.45, 2.75) is 19.3 Å². The maximum absolute atomic E-state index is 11.8. The number of rotatable bonds is 7. The average Bonchev–Trinajstić information content (AvgIpc) is 3.26. The van der Waals surface area contributed by atoms with E-state index in [9.17, 15) is 4.79 Å². The predicted molar refractivity (Wildman–Crippen MR) is 89.1 cm³/mol. The molecule has 0 bridgehead atoms. The third-order valence-corrected chi connectivity index (χ3v) is 4.30. The van der Waals surface area contributed by atoms with E-state index in [-0.39, 0.29) is 5.91 Å². The Balaban J connectivity index is 1.42. The highest BCUT2D eigenvalue weighted by Crippen LogP contribution is 2.22. The molecule has 0 aliphatic rings. The molecule has 0 radical (unpaired) electrons. The number of nitrogens with one attached hydrogen (secondary N) is 1. The van der Waals surface area contributed by atoms with Gasteiger partial charge >= 0.3 is 0 Å². The molecule has 3 aromatic heterocycles. The SMILES string of the molecule is O=C(CCc1ccco1)NCCc1csc(-c2ccncc2)n1. The fourth-order valence-electron chi connectivity index (χ4n) is 2.16. The van der Waals surface area contributed by atoms with Gasteiger partial charge in [-0.25, -0.2) is 4.98 Å². The van der Waals surface area contributed by atoms with Gasteiger partial charge in [0.05, 0.1) is 12.0 Å². The summed E-state index contributed by atoms with van der Waals surface area (Å²) in [5.74, 6) is 0.868. The standard InChI is InChI=1S/C17H17N3O2S/c21-16(4-3-15-2-1-11-22-15)19-10-7-14-12-23-17(20-14)13-5-8-18-9-6-13/h1-2,5-6,8-9,11-12H,3-4,7,10H2,(H,19,21). The lowest BCUT2D eigenvalue weighted by Crippen LogP contribution is -2.25. The molecule has 0 fully saturated rings. The van der Waals surface area contributed by atoms with Gasteiger partial charge in [-0.05, 0) is 24.3 Å². The first kappa shape index (κ1) is 15.4. The van der Waals surface area contributed by atoms with Crippen LogP contribution < -0.4 is 5.32 Å². The Bertz CT molecular complexity index is 738. The molecular weight excluding hydrogens is 310 g/mol. The molecule has 1 N–H and O–H groups in total. The van der Waals surface area contributed by atoms with Crippen molar-refractivity contribution < 1.29 is 9.21 Å². The first-order valence-corrected chi connectivity index (χ1v) is 8.33. The summed E-state index contributed by atoms with van der Waals surface area (Å²) < 4.78 is 5.21. The Kier molecular flexibility index (Phi) is 5.16. The van der Waals surface area contributed by atoms with Crippen molar-refractivity contribution in [3.63, 3.8) is 0 Å². The van der Waals surface area contributed by atoms with Gasteiger partial charge in [0.25, 0.3) is 0 Å². The van der Waals surface area contributed by atoms with Crippen LogP contribution in [0.15, 0.2) is 52.7 Å². The molecule has 3 heterocycles. The van der Waals surface area contributed by atoms with E-state index >= 15 is 0 Å². The lowest BCUT2D eigenvalue weighted by Gasteiger charge is -2.03. The van der Waals surface area contributed by atoms with Crippen LogP contribution in [0.25, 0.3) is 10.6 Å². The number of aryl methyl sites for hydroxylation is 1. The molecule has 3 aromatic rings. The first-order chi connectivity index (χ1) is 11.3. The fourth-order valence-corrected chi connectivity index (χ4v) is 3.02. The van der Waals surface area contributed by atoms with Gasteiger partial charge in [-0.1, -0.05) is 0 Å². The van der Waals surface area contributed by atoms with Crippen LogP contribution >= 0.6 is 11.3 Å². The zero-order valence-electron chi connectivity index (χ0n) is 12.6. The molecule has 0 saturated heterocycles. The monoisotopic (exact) mass is 327 g/mol. The fraction of sp³-hybridized carbons (Fsp3) is 0.235. The van der Waals surface area contributed by atoms with Crippen molar-refractivity contribution in [3.8, 4) is 10.6 Å². The van der Waals surface area contributed by atoms with E-state index in [0.717, 1.165) is 28.4 Å². The van der Waals surface area contributed by atoms with E-state index in [1.807, 2.05) is 29.6 Å². The van der Waals surface area contributed by atoms with E-state index in [0.29, 0.717) is 19.4 Å². The second kappa shape index (κ2) is 7.69. The maximum atomic E-state index is 11.8. The third-order valence-electron chi connectivity index (χ3n) is 3.36. The molecule has 118 valence electrons. The minimum absolute atomic E-state index is 0.0333. The van der Waals surface area contributed by atoms with E-state index in [2.05, 4.69) is 15.3 Å². The minimum Gasteiger partial charge on any atom is -0.469 e. The molecule has 0 aliphatic heterocycles. The van der Waals surface area contributed by atoms with Crippen LogP contribution in [0.1, 0.15) is 17.9 Å².